The fraction of sp³-hybridized carbons (Fsp3) is 0.417. The van der Waals surface area contributed by atoms with Gasteiger partial charge in [-0.1, -0.05) is 29.3 Å². The minimum absolute atomic E-state index is 0.114. The van der Waals surface area contributed by atoms with E-state index in [-0.39, 0.29) is 24.7 Å². The van der Waals surface area contributed by atoms with Crippen LogP contribution in [-0.4, -0.2) is 37.5 Å². The molecular formula is C12H14Cl2N2O3S. The van der Waals surface area contributed by atoms with Gasteiger partial charge >= 0.3 is 0 Å². The monoisotopic (exact) mass is 336 g/mol. The molecule has 0 radical (unpaired) electrons. The average Bonchev–Trinajstić information content (AvgIpc) is 2.67. The molecule has 1 aliphatic heterocycles. The van der Waals surface area contributed by atoms with Gasteiger partial charge in [0.25, 0.3) is 0 Å². The molecule has 1 aromatic rings. The minimum Gasteiger partial charge on any atom is -0.351 e. The predicted molar refractivity (Wildman–Crippen MR) is 78.3 cm³/mol. The lowest BCUT2D eigenvalue weighted by Crippen LogP contribution is -2.37. The summed E-state index contributed by atoms with van der Waals surface area (Å²) in [6.07, 6.45) is 0.568. The van der Waals surface area contributed by atoms with Gasteiger partial charge in [0.05, 0.1) is 12.3 Å². The van der Waals surface area contributed by atoms with Crippen LogP contribution in [0.3, 0.4) is 0 Å². The molecule has 20 heavy (non-hydrogen) atoms. The summed E-state index contributed by atoms with van der Waals surface area (Å²) in [4.78, 5) is 11.8. The highest BCUT2D eigenvalue weighted by molar-refractivity contribution is 7.89. The first-order valence-corrected chi connectivity index (χ1v) is 8.43. The minimum atomic E-state index is -3.25. The number of amides is 1. The Kier molecular flexibility index (Phi) is 4.90. The third-order valence-electron chi connectivity index (χ3n) is 3.01. The van der Waals surface area contributed by atoms with Crippen molar-refractivity contribution < 1.29 is 13.2 Å². The Labute approximate surface area is 127 Å². The lowest BCUT2D eigenvalue weighted by atomic mass is 10.2. The van der Waals surface area contributed by atoms with E-state index in [1.165, 1.54) is 4.31 Å². The highest BCUT2D eigenvalue weighted by Crippen LogP contribution is 2.20. The summed E-state index contributed by atoms with van der Waals surface area (Å²) < 4.78 is 24.3. The Balaban J connectivity index is 1.89. The molecule has 1 fully saturated rings. The van der Waals surface area contributed by atoms with Crippen molar-refractivity contribution >= 4 is 39.1 Å². The number of nitrogens with one attached hydrogen (secondary N) is 1. The van der Waals surface area contributed by atoms with Gasteiger partial charge in [0.1, 0.15) is 0 Å². The first kappa shape index (κ1) is 15.6. The number of rotatable bonds is 4. The SMILES string of the molecule is O=C(CN1CCCS1(=O)=O)NCc1ccc(Cl)cc1Cl. The third kappa shape index (κ3) is 3.85. The first-order valence-electron chi connectivity index (χ1n) is 6.07. The van der Waals surface area contributed by atoms with Crippen LogP contribution in [0.4, 0.5) is 0 Å². The van der Waals surface area contributed by atoms with Crippen LogP contribution in [0.1, 0.15) is 12.0 Å². The van der Waals surface area contributed by atoms with E-state index < -0.39 is 10.0 Å². The number of hydrogen-bond acceptors (Lipinski definition) is 3. The summed E-state index contributed by atoms with van der Waals surface area (Å²) in [6, 6.07) is 4.99. The molecule has 1 aromatic carbocycles. The smallest absolute Gasteiger partial charge is 0.235 e. The normalized spacial score (nSPS) is 18.1. The number of halogens is 2. The number of sulfonamides is 1. The molecular weight excluding hydrogens is 323 g/mol. The van der Waals surface area contributed by atoms with Gasteiger partial charge in [-0.05, 0) is 24.1 Å². The van der Waals surface area contributed by atoms with Crippen LogP contribution in [0, 0.1) is 0 Å². The Hall–Kier alpha value is -0.820. The second-order valence-corrected chi connectivity index (χ2v) is 7.45. The zero-order valence-electron chi connectivity index (χ0n) is 10.6. The third-order valence-corrected chi connectivity index (χ3v) is 5.50. The van der Waals surface area contributed by atoms with Crippen molar-refractivity contribution in [3.05, 3.63) is 33.8 Å². The molecule has 5 nitrogen and oxygen atoms in total. The Morgan fingerprint density at radius 1 is 1.35 bits per heavy atom. The van der Waals surface area contributed by atoms with Crippen LogP contribution >= 0.6 is 23.2 Å². The molecule has 1 N–H and O–H groups in total. The number of carbonyl (C=O) groups is 1. The van der Waals surface area contributed by atoms with Crippen LogP contribution in [0.5, 0.6) is 0 Å². The van der Waals surface area contributed by atoms with Gasteiger partial charge in [0.2, 0.25) is 15.9 Å². The van der Waals surface area contributed by atoms with E-state index in [1.54, 1.807) is 18.2 Å². The van der Waals surface area contributed by atoms with Gasteiger partial charge in [-0.2, -0.15) is 4.31 Å². The van der Waals surface area contributed by atoms with E-state index in [1.807, 2.05) is 0 Å². The van der Waals surface area contributed by atoms with Gasteiger partial charge < -0.3 is 5.32 Å². The summed E-state index contributed by atoms with van der Waals surface area (Å²) in [5.74, 6) is -0.231. The van der Waals surface area contributed by atoms with Crippen LogP contribution in [0.25, 0.3) is 0 Å². The van der Waals surface area contributed by atoms with E-state index in [0.717, 1.165) is 5.56 Å². The zero-order valence-corrected chi connectivity index (χ0v) is 12.9. The Morgan fingerprint density at radius 2 is 2.10 bits per heavy atom. The van der Waals surface area contributed by atoms with E-state index >= 15 is 0 Å². The van der Waals surface area contributed by atoms with Gasteiger partial charge in [-0.25, -0.2) is 8.42 Å². The van der Waals surface area contributed by atoms with Crippen molar-refractivity contribution in [1.29, 1.82) is 0 Å². The zero-order chi connectivity index (χ0) is 14.8. The molecule has 0 bridgehead atoms. The van der Waals surface area contributed by atoms with Gasteiger partial charge in [0.15, 0.2) is 0 Å². The van der Waals surface area contributed by atoms with E-state index in [2.05, 4.69) is 5.32 Å². The quantitative estimate of drug-likeness (QED) is 0.908. The summed E-state index contributed by atoms with van der Waals surface area (Å²) in [6.45, 7) is 0.494. The molecule has 0 aromatic heterocycles. The highest BCUT2D eigenvalue weighted by Gasteiger charge is 2.29. The fourth-order valence-electron chi connectivity index (χ4n) is 1.94. The number of nitrogens with zero attached hydrogens (tertiary/aromatic N) is 1. The summed E-state index contributed by atoms with van der Waals surface area (Å²) in [5.41, 5.74) is 0.730. The maximum atomic E-state index is 11.8. The van der Waals surface area contributed by atoms with Gasteiger partial charge in [-0.3, -0.25) is 4.79 Å². The van der Waals surface area contributed by atoms with E-state index in [4.69, 9.17) is 23.2 Å². The molecule has 1 heterocycles. The Morgan fingerprint density at radius 3 is 2.70 bits per heavy atom. The molecule has 1 aliphatic rings. The Bertz CT molecular complexity index is 619. The molecule has 1 amide bonds. The van der Waals surface area contributed by atoms with Crippen molar-refractivity contribution in [1.82, 2.24) is 9.62 Å². The molecule has 1 saturated heterocycles. The topological polar surface area (TPSA) is 66.5 Å². The lowest BCUT2D eigenvalue weighted by Gasteiger charge is -2.14. The van der Waals surface area contributed by atoms with Crippen molar-refractivity contribution in [2.24, 2.45) is 0 Å². The van der Waals surface area contributed by atoms with Crippen LogP contribution in [-0.2, 0) is 21.4 Å². The fourth-order valence-corrected chi connectivity index (χ4v) is 3.89. The maximum Gasteiger partial charge on any atom is 0.235 e. The molecule has 0 atom stereocenters. The molecule has 110 valence electrons. The molecule has 8 heteroatoms. The maximum absolute atomic E-state index is 11.8. The largest absolute Gasteiger partial charge is 0.351 e. The predicted octanol–water partition coefficient (Wildman–Crippen LogP) is 1.65. The summed E-state index contributed by atoms with van der Waals surface area (Å²) >= 11 is 11.8. The second-order valence-electron chi connectivity index (χ2n) is 4.52. The average molecular weight is 337 g/mol. The van der Waals surface area contributed by atoms with Crippen molar-refractivity contribution in [2.45, 2.75) is 13.0 Å². The molecule has 0 unspecified atom stereocenters. The highest BCUT2D eigenvalue weighted by atomic mass is 35.5. The van der Waals surface area contributed by atoms with Crippen molar-refractivity contribution in [3.8, 4) is 0 Å². The number of benzene rings is 1. The second kappa shape index (κ2) is 6.30. The summed E-state index contributed by atoms with van der Waals surface area (Å²) in [5, 5.41) is 3.64. The molecule has 2 rings (SSSR count). The van der Waals surface area contributed by atoms with E-state index in [0.29, 0.717) is 23.0 Å². The van der Waals surface area contributed by atoms with E-state index in [9.17, 15) is 13.2 Å². The van der Waals surface area contributed by atoms with Crippen molar-refractivity contribution in [2.75, 3.05) is 18.8 Å². The van der Waals surface area contributed by atoms with Crippen LogP contribution < -0.4 is 5.32 Å². The number of carbonyl (C=O) groups excluding carboxylic acids is 1. The van der Waals surface area contributed by atoms with Crippen LogP contribution in [0.2, 0.25) is 10.0 Å². The van der Waals surface area contributed by atoms with Gasteiger partial charge in [0, 0.05) is 23.1 Å². The van der Waals surface area contributed by atoms with Crippen LogP contribution in [0.15, 0.2) is 18.2 Å². The standard InChI is InChI=1S/C12H14Cl2N2O3S/c13-10-3-2-9(11(14)6-10)7-15-12(17)8-16-4-1-5-20(16,18)19/h2-3,6H,1,4-5,7-8H2,(H,15,17). The molecule has 0 saturated carbocycles. The van der Waals surface area contributed by atoms with Gasteiger partial charge in [-0.15, -0.1) is 0 Å². The van der Waals surface area contributed by atoms with Crippen molar-refractivity contribution in [3.63, 3.8) is 0 Å². The first-order chi connectivity index (χ1) is 9.38. The molecule has 0 aliphatic carbocycles. The lowest BCUT2D eigenvalue weighted by molar-refractivity contribution is -0.121. The summed E-state index contributed by atoms with van der Waals surface area (Å²) in [7, 11) is -3.25. The number of hydrogen-bond donors (Lipinski definition) is 1. The molecule has 0 spiro atoms.